The number of hydrogen-bond acceptors (Lipinski definition) is 4. The molecule has 1 amide bonds. The van der Waals surface area contributed by atoms with E-state index in [1.165, 1.54) is 6.07 Å². The monoisotopic (exact) mass is 362 g/mol. The smallest absolute Gasteiger partial charge is 0.262 e. The number of sulfonamides is 1. The molecule has 0 aliphatic carbocycles. The predicted molar refractivity (Wildman–Crippen MR) is 96.4 cm³/mol. The number of likely N-dealkylation sites (N-methyl/N-ethyl adjacent to an activating group) is 1. The zero-order valence-electron chi connectivity index (χ0n) is 15.2. The molecule has 3 rings (SSSR count). The highest BCUT2D eigenvalue weighted by Crippen LogP contribution is 2.41. The van der Waals surface area contributed by atoms with Gasteiger partial charge in [0.2, 0.25) is 5.91 Å². The van der Waals surface area contributed by atoms with Gasteiger partial charge in [0.05, 0.1) is 27.4 Å². The van der Waals surface area contributed by atoms with E-state index in [-0.39, 0.29) is 10.8 Å². The van der Waals surface area contributed by atoms with Gasteiger partial charge in [-0.15, -0.1) is 0 Å². The van der Waals surface area contributed by atoms with Crippen molar-refractivity contribution in [2.45, 2.75) is 38.0 Å². The molecule has 2 heterocycles. The van der Waals surface area contributed by atoms with Crippen LogP contribution in [0.4, 0.5) is 11.4 Å². The molecule has 1 aromatic carbocycles. The van der Waals surface area contributed by atoms with Crippen molar-refractivity contribution in [2.75, 3.05) is 16.7 Å². The first-order chi connectivity index (χ1) is 11.5. The lowest BCUT2D eigenvalue weighted by Gasteiger charge is -2.17. The average Bonchev–Trinajstić information content (AvgIpc) is 2.87. The zero-order chi connectivity index (χ0) is 18.7. The highest BCUT2D eigenvalue weighted by Gasteiger charge is 2.42. The van der Waals surface area contributed by atoms with Crippen LogP contribution < -0.4 is 9.62 Å². The quantitative estimate of drug-likeness (QED) is 0.906. The molecule has 0 fully saturated rings. The number of carbonyl (C=O) groups excluding carboxylic acids is 1. The van der Waals surface area contributed by atoms with E-state index >= 15 is 0 Å². The van der Waals surface area contributed by atoms with Crippen LogP contribution in [0.25, 0.3) is 0 Å². The maximum Gasteiger partial charge on any atom is 0.262 e. The van der Waals surface area contributed by atoms with Gasteiger partial charge in [-0.2, -0.15) is 5.10 Å². The zero-order valence-corrected chi connectivity index (χ0v) is 16.0. The largest absolute Gasteiger partial charge is 0.314 e. The SMILES string of the molecule is Cc1nn(C)c(C)c1NS(=O)(=O)c1ccc2c(c1)C(C)(C)C(=O)N2C. The Kier molecular flexibility index (Phi) is 3.72. The number of nitrogens with zero attached hydrogens (tertiary/aromatic N) is 3. The molecule has 0 spiro atoms. The second-order valence-corrected chi connectivity index (χ2v) is 8.63. The first-order valence-corrected chi connectivity index (χ1v) is 9.41. The molecule has 0 bridgehead atoms. The van der Waals surface area contributed by atoms with Gasteiger partial charge in [-0.1, -0.05) is 0 Å². The van der Waals surface area contributed by atoms with Crippen molar-refractivity contribution in [3.63, 3.8) is 0 Å². The molecule has 0 unspecified atom stereocenters. The Morgan fingerprint density at radius 3 is 2.36 bits per heavy atom. The Morgan fingerprint density at radius 1 is 1.16 bits per heavy atom. The topological polar surface area (TPSA) is 84.3 Å². The third-order valence-electron chi connectivity index (χ3n) is 4.90. The molecule has 1 aromatic heterocycles. The van der Waals surface area contributed by atoms with Crippen LogP contribution in [-0.4, -0.2) is 31.2 Å². The second kappa shape index (κ2) is 5.32. The number of aromatic nitrogens is 2. The van der Waals surface area contributed by atoms with Gasteiger partial charge in [0.1, 0.15) is 0 Å². The van der Waals surface area contributed by atoms with Crippen LogP contribution in [-0.2, 0) is 27.3 Å². The van der Waals surface area contributed by atoms with Crippen molar-refractivity contribution < 1.29 is 13.2 Å². The molecule has 1 aliphatic rings. The maximum atomic E-state index is 12.8. The molecule has 8 heteroatoms. The number of fused-ring (bicyclic) bond motifs is 1. The number of anilines is 2. The number of amides is 1. The van der Waals surface area contributed by atoms with Crippen LogP contribution in [0.5, 0.6) is 0 Å². The van der Waals surface area contributed by atoms with Gasteiger partial charge in [0.15, 0.2) is 0 Å². The Balaban J connectivity index is 2.06. The summed E-state index contributed by atoms with van der Waals surface area (Å²) in [6.45, 7) is 7.16. The van der Waals surface area contributed by atoms with Crippen LogP contribution >= 0.6 is 0 Å². The molecular weight excluding hydrogens is 340 g/mol. The Morgan fingerprint density at radius 2 is 1.80 bits per heavy atom. The van der Waals surface area contributed by atoms with Crippen LogP contribution in [0.3, 0.4) is 0 Å². The van der Waals surface area contributed by atoms with E-state index < -0.39 is 15.4 Å². The average molecular weight is 362 g/mol. The van der Waals surface area contributed by atoms with Gasteiger partial charge in [0, 0.05) is 19.8 Å². The lowest BCUT2D eigenvalue weighted by atomic mass is 9.86. The first-order valence-electron chi connectivity index (χ1n) is 7.92. The van der Waals surface area contributed by atoms with Crippen molar-refractivity contribution in [1.29, 1.82) is 0 Å². The number of rotatable bonds is 3. The van der Waals surface area contributed by atoms with E-state index in [9.17, 15) is 13.2 Å². The normalized spacial score (nSPS) is 16.2. The van der Waals surface area contributed by atoms with Crippen LogP contribution in [0.15, 0.2) is 23.1 Å². The Hall–Kier alpha value is -2.35. The highest BCUT2D eigenvalue weighted by molar-refractivity contribution is 7.92. The van der Waals surface area contributed by atoms with Gasteiger partial charge in [-0.3, -0.25) is 14.2 Å². The van der Waals surface area contributed by atoms with E-state index in [0.29, 0.717) is 16.9 Å². The molecular formula is C17H22N4O3S. The molecule has 0 saturated heterocycles. The van der Waals surface area contributed by atoms with Crippen LogP contribution in [0, 0.1) is 13.8 Å². The van der Waals surface area contributed by atoms with Crippen LogP contribution in [0.1, 0.15) is 30.8 Å². The summed E-state index contributed by atoms with van der Waals surface area (Å²) in [5, 5.41) is 4.23. The fourth-order valence-corrected chi connectivity index (χ4v) is 4.44. The summed E-state index contributed by atoms with van der Waals surface area (Å²) in [5.74, 6) is -0.0519. The van der Waals surface area contributed by atoms with Gasteiger partial charge in [0.25, 0.3) is 10.0 Å². The summed E-state index contributed by atoms with van der Waals surface area (Å²) in [4.78, 5) is 14.1. The van der Waals surface area contributed by atoms with Crippen molar-refractivity contribution >= 4 is 27.3 Å². The Bertz CT molecular complexity index is 990. The van der Waals surface area contributed by atoms with E-state index in [1.807, 2.05) is 0 Å². The minimum absolute atomic E-state index is 0.0519. The number of carbonyl (C=O) groups is 1. The number of benzene rings is 1. The molecule has 25 heavy (non-hydrogen) atoms. The number of nitrogens with one attached hydrogen (secondary N) is 1. The third-order valence-corrected chi connectivity index (χ3v) is 6.25. The summed E-state index contributed by atoms with van der Waals surface area (Å²) < 4.78 is 29.9. The molecule has 0 atom stereocenters. The summed E-state index contributed by atoms with van der Waals surface area (Å²) in [7, 11) is -0.322. The lowest BCUT2D eigenvalue weighted by Crippen LogP contribution is -2.33. The van der Waals surface area contributed by atoms with E-state index in [2.05, 4.69) is 9.82 Å². The molecule has 1 N–H and O–H groups in total. The summed E-state index contributed by atoms with van der Waals surface area (Å²) >= 11 is 0. The standard InChI is InChI=1S/C17H22N4O3S/c1-10-15(11(2)21(6)18-10)19-25(23,24)12-7-8-14-13(9-12)17(3,4)16(22)20(14)5/h7-9,19H,1-6H3. The second-order valence-electron chi connectivity index (χ2n) is 6.94. The molecule has 0 saturated carbocycles. The maximum absolute atomic E-state index is 12.8. The first kappa shape index (κ1) is 17.5. The fraction of sp³-hybridized carbons (Fsp3) is 0.412. The van der Waals surface area contributed by atoms with Gasteiger partial charge in [-0.25, -0.2) is 8.42 Å². The lowest BCUT2D eigenvalue weighted by molar-refractivity contribution is -0.121. The molecule has 0 radical (unpaired) electrons. The van der Waals surface area contributed by atoms with Gasteiger partial charge >= 0.3 is 0 Å². The predicted octanol–water partition coefficient (Wildman–Crippen LogP) is 2.09. The molecule has 2 aromatic rings. The molecule has 7 nitrogen and oxygen atoms in total. The van der Waals surface area contributed by atoms with Crippen LogP contribution in [0.2, 0.25) is 0 Å². The Labute approximate surface area is 147 Å². The van der Waals surface area contributed by atoms with E-state index in [4.69, 9.17) is 0 Å². The fourth-order valence-electron chi connectivity index (χ4n) is 3.23. The minimum atomic E-state index is -3.78. The summed E-state index contributed by atoms with van der Waals surface area (Å²) in [6.07, 6.45) is 0. The molecule has 134 valence electrons. The van der Waals surface area contributed by atoms with E-state index in [0.717, 1.165) is 11.4 Å². The van der Waals surface area contributed by atoms with Crippen molar-refractivity contribution in [3.05, 3.63) is 35.2 Å². The summed E-state index contributed by atoms with van der Waals surface area (Å²) in [5.41, 5.74) is 2.52. The van der Waals surface area contributed by atoms with Gasteiger partial charge in [-0.05, 0) is 51.5 Å². The van der Waals surface area contributed by atoms with Crippen molar-refractivity contribution in [2.24, 2.45) is 7.05 Å². The highest BCUT2D eigenvalue weighted by atomic mass is 32.2. The minimum Gasteiger partial charge on any atom is -0.314 e. The number of hydrogen-bond donors (Lipinski definition) is 1. The number of aryl methyl sites for hydroxylation is 2. The van der Waals surface area contributed by atoms with Crippen molar-refractivity contribution in [3.8, 4) is 0 Å². The van der Waals surface area contributed by atoms with Crippen molar-refractivity contribution in [1.82, 2.24) is 9.78 Å². The van der Waals surface area contributed by atoms with E-state index in [1.54, 1.807) is 63.5 Å². The van der Waals surface area contributed by atoms with Gasteiger partial charge < -0.3 is 4.90 Å². The summed E-state index contributed by atoms with van der Waals surface area (Å²) in [6, 6.07) is 4.78. The molecule has 1 aliphatic heterocycles. The third kappa shape index (κ3) is 2.52.